The lowest BCUT2D eigenvalue weighted by Crippen LogP contribution is -2.54. The van der Waals surface area contributed by atoms with Gasteiger partial charge in [-0.3, -0.25) is 4.99 Å². The molecule has 0 saturated carbocycles. The summed E-state index contributed by atoms with van der Waals surface area (Å²) >= 11 is 5.78. The van der Waals surface area contributed by atoms with Crippen molar-refractivity contribution in [3.05, 3.63) is 70.5 Å². The summed E-state index contributed by atoms with van der Waals surface area (Å²) in [7, 11) is 0. The number of halogens is 1. The number of aryl methyl sites for hydroxylation is 1. The predicted molar refractivity (Wildman–Crippen MR) is 198 cm³/mol. The van der Waals surface area contributed by atoms with Crippen molar-refractivity contribution in [2.24, 2.45) is 10.9 Å². The highest BCUT2D eigenvalue weighted by Gasteiger charge is 2.31. The first-order valence-electron chi connectivity index (χ1n) is 17.2. The number of unbranched alkanes of at least 4 members (excludes halogenated alkanes) is 3. The fraction of sp³-hybridized carbons (Fsp3) is 0.641. The molecule has 1 fully saturated rings. The zero-order valence-electron chi connectivity index (χ0n) is 30.9. The molecule has 1 saturated heterocycles. The molecule has 0 radical (unpaired) electrons. The summed E-state index contributed by atoms with van der Waals surface area (Å²) in [4.78, 5) is 21.2. The van der Waals surface area contributed by atoms with E-state index in [2.05, 4.69) is 84.0 Å². The lowest BCUT2D eigenvalue weighted by Gasteiger charge is -2.43. The van der Waals surface area contributed by atoms with Crippen LogP contribution in [0.3, 0.4) is 0 Å². The number of rotatable bonds is 11. The molecule has 0 N–H and O–H groups in total. The highest BCUT2D eigenvalue weighted by Crippen LogP contribution is 2.30. The second kappa shape index (κ2) is 22.9. The Balaban J connectivity index is 0.000000980. The average molecular weight is 644 g/mol. The van der Waals surface area contributed by atoms with Crippen molar-refractivity contribution in [2.45, 2.75) is 140 Å². The molecule has 0 aliphatic carbocycles. The second-order valence-electron chi connectivity index (χ2n) is 13.0. The molecule has 1 heterocycles. The number of carbonyl (C=O) groups excluding carboxylic acids is 1. The molecule has 1 amide bonds. The molecule has 0 aromatic heterocycles. The largest absolute Gasteiger partial charge is 0.444 e. The van der Waals surface area contributed by atoms with Crippen LogP contribution in [0.25, 0.3) is 0 Å². The van der Waals surface area contributed by atoms with Gasteiger partial charge in [0.15, 0.2) is 0 Å². The molecule has 45 heavy (non-hydrogen) atoms. The zero-order valence-corrected chi connectivity index (χ0v) is 31.7. The summed E-state index contributed by atoms with van der Waals surface area (Å²) in [5.74, 6) is 0.443. The first-order valence-corrected chi connectivity index (χ1v) is 17.6. The molecule has 2 unspecified atom stereocenters. The molecule has 256 valence electrons. The summed E-state index contributed by atoms with van der Waals surface area (Å²) in [6.45, 7) is 31.1. The molecule has 2 rings (SSSR count). The molecule has 1 aliphatic rings. The smallest absolute Gasteiger partial charge is 0.410 e. The maximum atomic E-state index is 12.5. The first kappa shape index (κ1) is 42.5. The third-order valence-corrected chi connectivity index (χ3v) is 8.08. The van der Waals surface area contributed by atoms with E-state index < -0.39 is 5.60 Å². The van der Waals surface area contributed by atoms with Gasteiger partial charge in [0, 0.05) is 53.9 Å². The van der Waals surface area contributed by atoms with Crippen LogP contribution < -0.4 is 0 Å². The Bertz CT molecular complexity index is 1100. The number of nitrogens with zero attached hydrogens (tertiary/aromatic N) is 3. The normalized spacial score (nSPS) is 16.9. The van der Waals surface area contributed by atoms with Crippen LogP contribution in [0.1, 0.15) is 127 Å². The molecule has 2 atom stereocenters. The van der Waals surface area contributed by atoms with E-state index in [0.717, 1.165) is 30.1 Å². The number of hydrogen-bond donors (Lipinski definition) is 0. The number of carbonyl (C=O) groups is 1. The Morgan fingerprint density at radius 3 is 2.18 bits per heavy atom. The van der Waals surface area contributed by atoms with E-state index in [4.69, 9.17) is 16.3 Å². The topological polar surface area (TPSA) is 45.1 Å². The van der Waals surface area contributed by atoms with E-state index in [0.29, 0.717) is 19.0 Å². The Kier molecular flexibility index (Phi) is 21.6. The zero-order chi connectivity index (χ0) is 34.6. The molecule has 0 bridgehead atoms. The highest BCUT2D eigenvalue weighted by atomic mass is 35.5. The van der Waals surface area contributed by atoms with Crippen LogP contribution in [-0.4, -0.2) is 52.9 Å². The Morgan fingerprint density at radius 1 is 1.11 bits per heavy atom. The maximum Gasteiger partial charge on any atom is 0.410 e. The lowest BCUT2D eigenvalue weighted by molar-refractivity contribution is 0.0101. The van der Waals surface area contributed by atoms with Gasteiger partial charge < -0.3 is 14.5 Å². The fourth-order valence-corrected chi connectivity index (χ4v) is 5.56. The first-order chi connectivity index (χ1) is 21.2. The molecular formula is C39H66ClN3O2. The molecule has 5 nitrogen and oxygen atoms in total. The van der Waals surface area contributed by atoms with Gasteiger partial charge in [-0.2, -0.15) is 0 Å². The van der Waals surface area contributed by atoms with Gasteiger partial charge in [0.1, 0.15) is 5.60 Å². The van der Waals surface area contributed by atoms with Crippen molar-refractivity contribution in [3.63, 3.8) is 0 Å². The molecule has 0 spiro atoms. The van der Waals surface area contributed by atoms with Crippen molar-refractivity contribution < 1.29 is 9.53 Å². The van der Waals surface area contributed by atoms with Gasteiger partial charge in [0.25, 0.3) is 0 Å². The summed E-state index contributed by atoms with van der Waals surface area (Å²) in [5.41, 5.74) is 5.55. The van der Waals surface area contributed by atoms with Gasteiger partial charge in [-0.05, 0) is 90.5 Å². The van der Waals surface area contributed by atoms with Crippen LogP contribution in [0.5, 0.6) is 0 Å². The fourth-order valence-electron chi connectivity index (χ4n) is 5.35. The summed E-state index contributed by atoms with van der Waals surface area (Å²) in [6, 6.07) is 8.21. The summed E-state index contributed by atoms with van der Waals surface area (Å²) in [6.07, 6.45) is 12.5. The van der Waals surface area contributed by atoms with Crippen LogP contribution in [0.2, 0.25) is 5.02 Å². The van der Waals surface area contributed by atoms with Crippen LogP contribution in [0, 0.1) is 5.92 Å². The van der Waals surface area contributed by atoms with Crippen molar-refractivity contribution in [1.82, 2.24) is 9.80 Å². The van der Waals surface area contributed by atoms with Gasteiger partial charge in [-0.15, -0.1) is 0 Å². The van der Waals surface area contributed by atoms with E-state index in [1.165, 1.54) is 54.5 Å². The van der Waals surface area contributed by atoms with Gasteiger partial charge in [0.05, 0.1) is 0 Å². The number of piperazine rings is 1. The van der Waals surface area contributed by atoms with Gasteiger partial charge in [0.2, 0.25) is 0 Å². The van der Waals surface area contributed by atoms with Crippen molar-refractivity contribution in [2.75, 3.05) is 19.6 Å². The maximum absolute atomic E-state index is 12.5. The number of aliphatic imine (C=N–C) groups is 1. The van der Waals surface area contributed by atoms with Crippen LogP contribution >= 0.6 is 11.6 Å². The van der Waals surface area contributed by atoms with Gasteiger partial charge in [-0.1, -0.05) is 103 Å². The van der Waals surface area contributed by atoms with Gasteiger partial charge in [-0.25, -0.2) is 4.79 Å². The Morgan fingerprint density at radius 2 is 1.73 bits per heavy atom. The highest BCUT2D eigenvalue weighted by molar-refractivity contribution is 6.30. The van der Waals surface area contributed by atoms with E-state index in [9.17, 15) is 4.79 Å². The standard InChI is InChI=1S/C24H41N3O2.C9H11Cl.C6H14/c1-11-17(4)21(12-2)22(19(6)25-13-3)20(7)27-15-14-26(16-18(27)5)23(28)29-24(8,9)10;1-2-4-8-5-3-6-9(10)7-8;1-3-5-6-4-2/h12-13,17-18H,3,11,14-16H2,1-2,4-10H3;3,5-7H,2,4H2,1H3;3-6H2,1-2H3/b21-12-,22-20-,25-19?;;. The van der Waals surface area contributed by atoms with Crippen molar-refractivity contribution in [1.29, 1.82) is 0 Å². The van der Waals surface area contributed by atoms with E-state index in [-0.39, 0.29) is 12.1 Å². The monoisotopic (exact) mass is 643 g/mol. The predicted octanol–water partition coefficient (Wildman–Crippen LogP) is 11.7. The van der Waals surface area contributed by atoms with Crippen molar-refractivity contribution >= 4 is 23.4 Å². The third-order valence-electron chi connectivity index (χ3n) is 7.85. The minimum Gasteiger partial charge on any atom is -0.444 e. The van der Waals surface area contributed by atoms with E-state index in [1.54, 1.807) is 6.20 Å². The minimum atomic E-state index is -0.476. The summed E-state index contributed by atoms with van der Waals surface area (Å²) in [5, 5.41) is 0.839. The molecule has 6 heteroatoms. The quantitative estimate of drug-likeness (QED) is 0.137. The number of allylic oxidation sites excluding steroid dienone is 4. The Hall–Kier alpha value is -2.53. The molecular weight excluding hydrogens is 578 g/mol. The number of amides is 1. The van der Waals surface area contributed by atoms with E-state index >= 15 is 0 Å². The second-order valence-corrected chi connectivity index (χ2v) is 13.4. The van der Waals surface area contributed by atoms with Crippen molar-refractivity contribution in [3.8, 4) is 0 Å². The third kappa shape index (κ3) is 16.6. The number of benzene rings is 1. The number of ether oxygens (including phenoxy) is 1. The molecule has 1 aromatic carbocycles. The minimum absolute atomic E-state index is 0.192. The van der Waals surface area contributed by atoms with Crippen LogP contribution in [0.15, 0.2) is 65.0 Å². The van der Waals surface area contributed by atoms with Crippen LogP contribution in [0.4, 0.5) is 4.79 Å². The SMILES string of the molecule is C=CN=C(C)C(/C(=C\C)C(C)CC)=C(\C)N1CCN(C(=O)OC(C)(C)C)CC1C.CCCCCC.CCCc1cccc(Cl)c1. The van der Waals surface area contributed by atoms with Crippen LogP contribution in [-0.2, 0) is 11.2 Å². The lowest BCUT2D eigenvalue weighted by atomic mass is 9.87. The molecule has 1 aliphatic heterocycles. The number of hydrogen-bond acceptors (Lipinski definition) is 4. The van der Waals surface area contributed by atoms with E-state index in [1.807, 2.05) is 50.8 Å². The molecule has 1 aromatic rings. The Labute approximate surface area is 282 Å². The van der Waals surface area contributed by atoms with Gasteiger partial charge >= 0.3 is 6.09 Å². The average Bonchev–Trinajstić information content (AvgIpc) is 2.98. The summed E-state index contributed by atoms with van der Waals surface area (Å²) < 4.78 is 5.56.